The molecule has 0 bridgehead atoms. The molecular formula is C27H40N4O3. The molecule has 3 atom stereocenters. The summed E-state index contributed by atoms with van der Waals surface area (Å²) in [4.78, 5) is 24.9. The van der Waals surface area contributed by atoms with Crippen LogP contribution < -0.4 is 22.1 Å². The van der Waals surface area contributed by atoms with Gasteiger partial charge in [0.05, 0.1) is 12.1 Å². The van der Waals surface area contributed by atoms with Crippen molar-refractivity contribution in [3.05, 3.63) is 65.7 Å². The number of amides is 2. The van der Waals surface area contributed by atoms with Crippen molar-refractivity contribution in [3.63, 3.8) is 0 Å². The molecule has 0 aliphatic rings. The molecule has 7 N–H and O–H groups in total. The first-order chi connectivity index (χ1) is 16.2. The molecule has 0 spiro atoms. The Labute approximate surface area is 203 Å². The predicted octanol–water partition coefficient (Wildman–Crippen LogP) is 2.65. The SMILES string of the molecule is CC(C)CCCCC(NCC(Cc1ccc(O)cc1)NC(=O)C(N)Cc1ccccc1)C(N)=O. The van der Waals surface area contributed by atoms with Gasteiger partial charge in [0.15, 0.2) is 0 Å². The molecule has 0 aromatic heterocycles. The van der Waals surface area contributed by atoms with Gasteiger partial charge in [-0.2, -0.15) is 0 Å². The van der Waals surface area contributed by atoms with E-state index in [0.717, 1.165) is 30.4 Å². The lowest BCUT2D eigenvalue weighted by Gasteiger charge is -2.24. The normalized spacial score (nSPS) is 13.9. The number of benzene rings is 2. The Hall–Kier alpha value is -2.90. The van der Waals surface area contributed by atoms with Crippen LogP contribution in [-0.4, -0.2) is 41.6 Å². The Balaban J connectivity index is 2.00. The Morgan fingerprint density at radius 2 is 1.53 bits per heavy atom. The van der Waals surface area contributed by atoms with E-state index in [4.69, 9.17) is 11.5 Å². The summed E-state index contributed by atoms with van der Waals surface area (Å²) in [6.45, 7) is 4.74. The number of aromatic hydroxyl groups is 1. The van der Waals surface area contributed by atoms with E-state index in [1.807, 2.05) is 42.5 Å². The van der Waals surface area contributed by atoms with Gasteiger partial charge in [-0.15, -0.1) is 0 Å². The molecule has 7 heteroatoms. The summed E-state index contributed by atoms with van der Waals surface area (Å²) < 4.78 is 0. The zero-order valence-electron chi connectivity index (χ0n) is 20.4. The van der Waals surface area contributed by atoms with Crippen LogP contribution >= 0.6 is 0 Å². The van der Waals surface area contributed by atoms with Crippen LogP contribution in [-0.2, 0) is 22.4 Å². The number of phenolic OH excluding ortho intramolecular Hbond substituents is 1. The first-order valence-corrected chi connectivity index (χ1v) is 12.1. The van der Waals surface area contributed by atoms with Crippen molar-refractivity contribution in [2.24, 2.45) is 17.4 Å². The highest BCUT2D eigenvalue weighted by atomic mass is 16.3. The summed E-state index contributed by atoms with van der Waals surface area (Å²) >= 11 is 0. The summed E-state index contributed by atoms with van der Waals surface area (Å²) in [6, 6.07) is 15.1. The van der Waals surface area contributed by atoms with Crippen molar-refractivity contribution in [1.29, 1.82) is 0 Å². The first-order valence-electron chi connectivity index (χ1n) is 12.1. The molecule has 2 aromatic rings. The topological polar surface area (TPSA) is 130 Å². The van der Waals surface area contributed by atoms with Crippen LogP contribution in [0.4, 0.5) is 0 Å². The maximum atomic E-state index is 12.9. The second-order valence-electron chi connectivity index (χ2n) is 9.41. The standard InChI is InChI=1S/C27H40N4O3/c1-19(2)8-6-7-11-25(26(29)33)30-18-22(16-21-12-14-23(32)15-13-21)31-27(34)24(28)17-20-9-4-3-5-10-20/h3-5,9-10,12-15,19,22,24-25,30,32H,6-8,11,16-18,28H2,1-2H3,(H2,29,33)(H,31,34). The summed E-state index contributed by atoms with van der Waals surface area (Å²) in [5.74, 6) is 0.176. The highest BCUT2D eigenvalue weighted by Gasteiger charge is 2.22. The first kappa shape index (κ1) is 27.3. The van der Waals surface area contributed by atoms with E-state index in [9.17, 15) is 14.7 Å². The molecule has 7 nitrogen and oxygen atoms in total. The summed E-state index contributed by atoms with van der Waals surface area (Å²) in [5.41, 5.74) is 13.8. The molecule has 0 heterocycles. The largest absolute Gasteiger partial charge is 0.508 e. The molecule has 3 unspecified atom stereocenters. The minimum Gasteiger partial charge on any atom is -0.508 e. The Bertz CT molecular complexity index is 871. The van der Waals surface area contributed by atoms with Crippen LogP contribution in [0, 0.1) is 5.92 Å². The minimum absolute atomic E-state index is 0.183. The molecule has 2 aromatic carbocycles. The molecule has 0 aliphatic heterocycles. The van der Waals surface area contributed by atoms with Crippen molar-refractivity contribution in [3.8, 4) is 5.75 Å². The van der Waals surface area contributed by atoms with Crippen LogP contribution in [0.3, 0.4) is 0 Å². The molecule has 0 radical (unpaired) electrons. The van der Waals surface area contributed by atoms with E-state index in [0.29, 0.717) is 31.7 Å². The summed E-state index contributed by atoms with van der Waals surface area (Å²) in [5, 5.41) is 15.9. The third kappa shape index (κ3) is 10.4. The summed E-state index contributed by atoms with van der Waals surface area (Å²) in [6.07, 6.45) is 4.70. The number of nitrogens with one attached hydrogen (secondary N) is 2. The van der Waals surface area contributed by atoms with Gasteiger partial charge in [0.25, 0.3) is 0 Å². The van der Waals surface area contributed by atoms with Gasteiger partial charge in [-0.1, -0.05) is 75.6 Å². The fraction of sp³-hybridized carbons (Fsp3) is 0.481. The predicted molar refractivity (Wildman–Crippen MR) is 136 cm³/mol. The van der Waals surface area contributed by atoms with E-state index >= 15 is 0 Å². The van der Waals surface area contributed by atoms with Gasteiger partial charge in [-0.05, 0) is 48.4 Å². The van der Waals surface area contributed by atoms with E-state index in [1.165, 1.54) is 0 Å². The van der Waals surface area contributed by atoms with Crippen LogP contribution in [0.1, 0.15) is 50.7 Å². The molecule has 34 heavy (non-hydrogen) atoms. The van der Waals surface area contributed by atoms with E-state index in [2.05, 4.69) is 24.5 Å². The lowest BCUT2D eigenvalue weighted by molar-refractivity contribution is -0.123. The Kier molecular flexibility index (Phi) is 11.6. The quantitative estimate of drug-likeness (QED) is 0.257. The number of rotatable bonds is 15. The fourth-order valence-corrected chi connectivity index (χ4v) is 3.89. The molecular weight excluding hydrogens is 428 g/mol. The van der Waals surface area contributed by atoms with Gasteiger partial charge in [0.1, 0.15) is 5.75 Å². The molecule has 0 saturated carbocycles. The zero-order valence-corrected chi connectivity index (χ0v) is 20.4. The fourth-order valence-electron chi connectivity index (χ4n) is 3.89. The highest BCUT2D eigenvalue weighted by molar-refractivity contribution is 5.82. The molecule has 2 rings (SSSR count). The Morgan fingerprint density at radius 1 is 0.912 bits per heavy atom. The van der Waals surface area contributed by atoms with Crippen molar-refractivity contribution < 1.29 is 14.7 Å². The third-order valence-electron chi connectivity index (χ3n) is 5.88. The molecule has 0 saturated heterocycles. The molecule has 0 aliphatic carbocycles. The van der Waals surface area contributed by atoms with Crippen LogP contribution in [0.5, 0.6) is 5.75 Å². The van der Waals surface area contributed by atoms with Gasteiger partial charge < -0.3 is 27.2 Å². The number of hydrogen-bond donors (Lipinski definition) is 5. The highest BCUT2D eigenvalue weighted by Crippen LogP contribution is 2.13. The number of hydrogen-bond acceptors (Lipinski definition) is 5. The van der Waals surface area contributed by atoms with Gasteiger partial charge in [0, 0.05) is 12.6 Å². The second-order valence-corrected chi connectivity index (χ2v) is 9.41. The number of carbonyl (C=O) groups excluding carboxylic acids is 2. The zero-order chi connectivity index (χ0) is 24.9. The van der Waals surface area contributed by atoms with Crippen LogP contribution in [0.15, 0.2) is 54.6 Å². The maximum Gasteiger partial charge on any atom is 0.237 e. The maximum absolute atomic E-state index is 12.9. The smallest absolute Gasteiger partial charge is 0.237 e. The average molecular weight is 469 g/mol. The molecule has 2 amide bonds. The molecule has 0 fully saturated rings. The lowest BCUT2D eigenvalue weighted by atomic mass is 10.0. The minimum atomic E-state index is -0.687. The van der Waals surface area contributed by atoms with Gasteiger partial charge in [-0.25, -0.2) is 0 Å². The van der Waals surface area contributed by atoms with Crippen molar-refractivity contribution in [1.82, 2.24) is 10.6 Å². The monoisotopic (exact) mass is 468 g/mol. The van der Waals surface area contributed by atoms with Crippen LogP contribution in [0.2, 0.25) is 0 Å². The number of nitrogens with two attached hydrogens (primary N) is 2. The number of carbonyl (C=O) groups is 2. The van der Waals surface area contributed by atoms with E-state index in [1.54, 1.807) is 12.1 Å². The molecule has 186 valence electrons. The average Bonchev–Trinajstić information content (AvgIpc) is 2.80. The third-order valence-corrected chi connectivity index (χ3v) is 5.88. The number of phenols is 1. The van der Waals surface area contributed by atoms with Crippen LogP contribution in [0.25, 0.3) is 0 Å². The van der Waals surface area contributed by atoms with E-state index < -0.39 is 12.1 Å². The lowest BCUT2D eigenvalue weighted by Crippen LogP contribution is -2.53. The number of primary amides is 1. The van der Waals surface area contributed by atoms with Gasteiger partial charge >= 0.3 is 0 Å². The summed E-state index contributed by atoms with van der Waals surface area (Å²) in [7, 11) is 0. The number of unbranched alkanes of at least 4 members (excludes halogenated alkanes) is 1. The van der Waals surface area contributed by atoms with E-state index in [-0.39, 0.29) is 23.6 Å². The Morgan fingerprint density at radius 3 is 2.15 bits per heavy atom. The van der Waals surface area contributed by atoms with Gasteiger partial charge in [0.2, 0.25) is 11.8 Å². The van der Waals surface area contributed by atoms with Crippen molar-refractivity contribution in [2.75, 3.05) is 6.54 Å². The van der Waals surface area contributed by atoms with Crippen molar-refractivity contribution >= 4 is 11.8 Å². The van der Waals surface area contributed by atoms with Crippen molar-refractivity contribution in [2.45, 2.75) is 70.5 Å². The second kappa shape index (κ2) is 14.4. The van der Waals surface area contributed by atoms with Gasteiger partial charge in [-0.3, -0.25) is 9.59 Å².